The van der Waals surface area contributed by atoms with Crippen LogP contribution in [0.4, 0.5) is 4.79 Å². The first kappa shape index (κ1) is 28.0. The Kier molecular flexibility index (Phi) is 14.3. The van der Waals surface area contributed by atoms with Crippen molar-refractivity contribution < 1.29 is 14.3 Å². The van der Waals surface area contributed by atoms with E-state index in [1.807, 2.05) is 48.6 Å². The molecule has 0 saturated heterocycles. The van der Waals surface area contributed by atoms with E-state index in [0.29, 0.717) is 38.7 Å². The Labute approximate surface area is 181 Å². The van der Waals surface area contributed by atoms with Gasteiger partial charge in [0.05, 0.1) is 13.1 Å². The number of aliphatic imine (C=N–C) groups is 1. The molecule has 0 aromatic carbocycles. The number of hydrogen-bond donors (Lipinski definition) is 1. The van der Waals surface area contributed by atoms with E-state index in [2.05, 4.69) is 10.3 Å². The molecular weight excluding hydrogens is 461 g/mol. The fourth-order valence-corrected chi connectivity index (χ4v) is 2.16. The minimum absolute atomic E-state index is 0. The monoisotopic (exact) mass is 499 g/mol. The van der Waals surface area contributed by atoms with Crippen LogP contribution in [0.3, 0.4) is 0 Å². The minimum Gasteiger partial charge on any atom is -0.444 e. The fourth-order valence-electron chi connectivity index (χ4n) is 2.16. The number of hydrogen-bond acceptors (Lipinski definition) is 4. The quantitative estimate of drug-likeness (QED) is 0.315. The molecule has 8 nitrogen and oxygen atoms in total. The van der Waals surface area contributed by atoms with Gasteiger partial charge in [0.15, 0.2) is 5.96 Å². The van der Waals surface area contributed by atoms with E-state index in [1.54, 1.807) is 16.8 Å². The Morgan fingerprint density at radius 3 is 2.04 bits per heavy atom. The third-order valence-corrected chi connectivity index (χ3v) is 3.59. The maximum absolute atomic E-state index is 12.3. The topological polar surface area (TPSA) is 77.5 Å². The van der Waals surface area contributed by atoms with Gasteiger partial charge in [-0.15, -0.1) is 24.0 Å². The Morgan fingerprint density at radius 1 is 1.04 bits per heavy atom. The van der Waals surface area contributed by atoms with Gasteiger partial charge in [-0.05, 0) is 41.5 Å². The fraction of sp³-hybridized carbons (Fsp3) is 0.833. The van der Waals surface area contributed by atoms with Crippen LogP contribution in [-0.2, 0) is 9.53 Å². The standard InChI is InChI=1S/C18H37N5O3.HI/c1-9-19-16(22(8)14-15(24)23(10-2)11-3)20-12-13-21(7)17(25)26-18(4,5)6;/h9-14H2,1-8H3,(H,19,20);1H. The zero-order chi connectivity index (χ0) is 20.3. The molecule has 0 aromatic rings. The van der Waals surface area contributed by atoms with Crippen LogP contribution >= 0.6 is 24.0 Å². The lowest BCUT2D eigenvalue weighted by atomic mass is 10.2. The Balaban J connectivity index is 0. The molecule has 0 aromatic heterocycles. The van der Waals surface area contributed by atoms with Gasteiger partial charge in [0.25, 0.3) is 0 Å². The largest absolute Gasteiger partial charge is 0.444 e. The highest BCUT2D eigenvalue weighted by Gasteiger charge is 2.19. The van der Waals surface area contributed by atoms with Crippen molar-refractivity contribution in [3.05, 3.63) is 0 Å². The highest BCUT2D eigenvalue weighted by Crippen LogP contribution is 2.08. The third kappa shape index (κ3) is 11.9. The molecule has 0 aliphatic heterocycles. The third-order valence-electron chi connectivity index (χ3n) is 3.59. The van der Waals surface area contributed by atoms with Crippen molar-refractivity contribution in [2.75, 3.05) is 53.4 Å². The van der Waals surface area contributed by atoms with Crippen molar-refractivity contribution >= 4 is 41.9 Å². The summed E-state index contributed by atoms with van der Waals surface area (Å²) in [6, 6.07) is 0. The van der Waals surface area contributed by atoms with Gasteiger partial charge >= 0.3 is 6.09 Å². The van der Waals surface area contributed by atoms with Crippen LogP contribution in [0.1, 0.15) is 41.5 Å². The Bertz CT molecular complexity index is 476. The molecule has 0 aliphatic carbocycles. The number of carbonyl (C=O) groups excluding carboxylic acids is 2. The number of rotatable bonds is 8. The van der Waals surface area contributed by atoms with Crippen LogP contribution in [0.25, 0.3) is 0 Å². The van der Waals surface area contributed by atoms with Crippen molar-refractivity contribution in [3.8, 4) is 0 Å². The van der Waals surface area contributed by atoms with Crippen LogP contribution in [0.15, 0.2) is 4.99 Å². The molecule has 0 spiro atoms. The summed E-state index contributed by atoms with van der Waals surface area (Å²) in [7, 11) is 3.52. The second-order valence-electron chi connectivity index (χ2n) is 7.06. The van der Waals surface area contributed by atoms with E-state index in [-0.39, 0.29) is 42.5 Å². The summed E-state index contributed by atoms with van der Waals surface area (Å²) in [5.41, 5.74) is -0.519. The van der Waals surface area contributed by atoms with Crippen LogP contribution in [0, 0.1) is 0 Å². The number of ether oxygens (including phenoxy) is 1. The first-order chi connectivity index (χ1) is 12.1. The molecule has 0 rings (SSSR count). The number of guanidine groups is 1. The van der Waals surface area contributed by atoms with Gasteiger partial charge < -0.3 is 24.8 Å². The predicted molar refractivity (Wildman–Crippen MR) is 121 cm³/mol. The van der Waals surface area contributed by atoms with Crippen LogP contribution < -0.4 is 5.32 Å². The van der Waals surface area contributed by atoms with Gasteiger partial charge in [-0.25, -0.2) is 4.79 Å². The zero-order valence-electron chi connectivity index (χ0n) is 18.2. The lowest BCUT2D eigenvalue weighted by Gasteiger charge is -2.26. The molecule has 9 heteroatoms. The molecule has 0 aliphatic rings. The highest BCUT2D eigenvalue weighted by molar-refractivity contribution is 14.0. The molecule has 0 heterocycles. The van der Waals surface area contributed by atoms with E-state index >= 15 is 0 Å². The normalized spacial score (nSPS) is 11.3. The minimum atomic E-state index is -0.519. The van der Waals surface area contributed by atoms with Gasteiger partial charge in [-0.3, -0.25) is 9.79 Å². The molecule has 0 saturated carbocycles. The number of nitrogens with zero attached hydrogens (tertiary/aromatic N) is 4. The van der Waals surface area contributed by atoms with E-state index in [9.17, 15) is 9.59 Å². The second-order valence-corrected chi connectivity index (χ2v) is 7.06. The molecule has 160 valence electrons. The van der Waals surface area contributed by atoms with E-state index in [0.717, 1.165) is 0 Å². The van der Waals surface area contributed by atoms with Crippen molar-refractivity contribution in [3.63, 3.8) is 0 Å². The van der Waals surface area contributed by atoms with Crippen molar-refractivity contribution in [1.29, 1.82) is 0 Å². The van der Waals surface area contributed by atoms with Gasteiger partial charge in [0, 0.05) is 40.3 Å². The lowest BCUT2D eigenvalue weighted by molar-refractivity contribution is -0.131. The molecule has 0 radical (unpaired) electrons. The van der Waals surface area contributed by atoms with Gasteiger partial charge in [0.1, 0.15) is 5.60 Å². The van der Waals surface area contributed by atoms with Crippen LogP contribution in [0.5, 0.6) is 0 Å². The van der Waals surface area contributed by atoms with E-state index < -0.39 is 5.60 Å². The molecule has 27 heavy (non-hydrogen) atoms. The molecule has 1 N–H and O–H groups in total. The number of amides is 2. The predicted octanol–water partition coefficient (Wildman–Crippen LogP) is 2.24. The molecule has 0 unspecified atom stereocenters. The number of carbonyl (C=O) groups is 2. The molecule has 0 atom stereocenters. The highest BCUT2D eigenvalue weighted by atomic mass is 127. The first-order valence-corrected chi connectivity index (χ1v) is 9.26. The molecule has 0 fully saturated rings. The maximum Gasteiger partial charge on any atom is 0.410 e. The summed E-state index contributed by atoms with van der Waals surface area (Å²) in [6.45, 7) is 14.6. The average Bonchev–Trinajstić information content (AvgIpc) is 2.53. The zero-order valence-corrected chi connectivity index (χ0v) is 20.5. The smallest absolute Gasteiger partial charge is 0.410 e. The summed E-state index contributed by atoms with van der Waals surface area (Å²) in [5, 5.41) is 3.17. The van der Waals surface area contributed by atoms with Crippen molar-refractivity contribution in [2.45, 2.75) is 47.1 Å². The first-order valence-electron chi connectivity index (χ1n) is 9.26. The molecule has 0 bridgehead atoms. The summed E-state index contributed by atoms with van der Waals surface area (Å²) >= 11 is 0. The molecule has 2 amide bonds. The summed E-state index contributed by atoms with van der Waals surface area (Å²) in [6.07, 6.45) is -0.372. The number of halogens is 1. The Hall–Kier alpha value is -1.26. The summed E-state index contributed by atoms with van der Waals surface area (Å²) < 4.78 is 5.32. The summed E-state index contributed by atoms with van der Waals surface area (Å²) in [5.74, 6) is 0.708. The van der Waals surface area contributed by atoms with Gasteiger partial charge in [-0.2, -0.15) is 0 Å². The van der Waals surface area contributed by atoms with Crippen LogP contribution in [0.2, 0.25) is 0 Å². The second kappa shape index (κ2) is 13.8. The molecular formula is C18H38IN5O3. The lowest BCUT2D eigenvalue weighted by Crippen LogP contribution is -2.46. The number of nitrogens with one attached hydrogen (secondary N) is 1. The Morgan fingerprint density at radius 2 is 1.59 bits per heavy atom. The number of likely N-dealkylation sites (N-methyl/N-ethyl adjacent to an activating group) is 3. The van der Waals surface area contributed by atoms with E-state index in [1.165, 1.54) is 4.90 Å². The van der Waals surface area contributed by atoms with Crippen molar-refractivity contribution in [1.82, 2.24) is 20.0 Å². The van der Waals surface area contributed by atoms with E-state index in [4.69, 9.17) is 4.74 Å². The van der Waals surface area contributed by atoms with Crippen LogP contribution in [-0.4, -0.2) is 91.6 Å². The van der Waals surface area contributed by atoms with Crippen molar-refractivity contribution in [2.24, 2.45) is 4.99 Å². The maximum atomic E-state index is 12.3. The van der Waals surface area contributed by atoms with Gasteiger partial charge in [-0.1, -0.05) is 0 Å². The van der Waals surface area contributed by atoms with Gasteiger partial charge in [0.2, 0.25) is 5.91 Å². The summed E-state index contributed by atoms with van der Waals surface area (Å²) in [4.78, 5) is 33.8. The average molecular weight is 499 g/mol. The SMILES string of the molecule is CCNC(=NCCN(C)C(=O)OC(C)(C)C)N(C)CC(=O)N(CC)CC.I.